The Kier molecular flexibility index (Phi) is 4.68. The average molecular weight is 485 g/mol. The third kappa shape index (κ3) is 3.20. The van der Waals surface area contributed by atoms with Crippen LogP contribution in [0.25, 0.3) is 64.6 Å². The van der Waals surface area contributed by atoms with Crippen molar-refractivity contribution in [2.45, 2.75) is 0 Å². The van der Waals surface area contributed by atoms with Gasteiger partial charge in [0.2, 0.25) is 0 Å². The van der Waals surface area contributed by atoms with Gasteiger partial charge in [-0.1, -0.05) is 97.1 Å². The van der Waals surface area contributed by atoms with Gasteiger partial charge in [0.05, 0.1) is 13.1 Å². The Labute approximate surface area is 220 Å². The number of hydrogen-bond donors (Lipinski definition) is 0. The van der Waals surface area contributed by atoms with Gasteiger partial charge in [-0.15, -0.1) is 0 Å². The lowest BCUT2D eigenvalue weighted by Gasteiger charge is -2.12. The minimum atomic E-state index is 0.652. The predicted octanol–water partition coefficient (Wildman–Crippen LogP) is 9.02. The number of aliphatic imine (C=N–C) groups is 2. The molecule has 38 heavy (non-hydrogen) atoms. The highest BCUT2D eigenvalue weighted by Gasteiger charge is 2.11. The van der Waals surface area contributed by atoms with Crippen molar-refractivity contribution < 1.29 is 0 Å². The topological polar surface area (TPSA) is 24.7 Å². The third-order valence-corrected chi connectivity index (χ3v) is 7.90. The van der Waals surface area contributed by atoms with Gasteiger partial charge in [-0.25, -0.2) is 0 Å². The van der Waals surface area contributed by atoms with Crippen LogP contribution in [0.5, 0.6) is 0 Å². The van der Waals surface area contributed by atoms with Crippen molar-refractivity contribution in [2.24, 2.45) is 9.98 Å². The summed E-state index contributed by atoms with van der Waals surface area (Å²) in [7, 11) is 0. The lowest BCUT2D eigenvalue weighted by Crippen LogP contribution is -1.94. The Morgan fingerprint density at radius 3 is 1.21 bits per heavy atom. The first-order chi connectivity index (χ1) is 18.8. The molecule has 0 aliphatic rings. The van der Waals surface area contributed by atoms with Crippen molar-refractivity contribution in [1.82, 2.24) is 0 Å². The van der Waals surface area contributed by atoms with E-state index in [4.69, 9.17) is 9.98 Å². The molecule has 2 nitrogen and oxygen atoms in total. The van der Waals surface area contributed by atoms with E-state index in [1.165, 1.54) is 64.6 Å². The molecule has 0 N–H and O–H groups in total. The first-order valence-electron chi connectivity index (χ1n) is 13.2. The predicted molar refractivity (Wildman–Crippen MR) is 165 cm³/mol. The smallest absolute Gasteiger partial charge is 0.0585 e. The van der Waals surface area contributed by atoms with E-state index in [1.54, 1.807) is 0 Å². The van der Waals surface area contributed by atoms with Gasteiger partial charge >= 0.3 is 0 Å². The average Bonchev–Trinajstić information content (AvgIpc) is 2.97. The van der Waals surface area contributed by atoms with Gasteiger partial charge in [-0.2, -0.15) is 0 Å². The molecule has 0 amide bonds. The molecule has 0 unspecified atom stereocenters. The molecule has 8 aromatic rings. The van der Waals surface area contributed by atoms with E-state index in [0.29, 0.717) is 13.1 Å². The first-order valence-corrected chi connectivity index (χ1v) is 13.2. The van der Waals surface area contributed by atoms with Crippen LogP contribution in [0, 0.1) is 0 Å². The van der Waals surface area contributed by atoms with Crippen molar-refractivity contribution in [3.8, 4) is 0 Å². The molecular formula is C36H24N2. The molecule has 0 aromatic heterocycles. The van der Waals surface area contributed by atoms with Crippen LogP contribution in [0.4, 0.5) is 0 Å². The highest BCUT2D eigenvalue weighted by molar-refractivity contribution is 6.27. The van der Waals surface area contributed by atoms with Crippen LogP contribution in [0.1, 0.15) is 11.1 Å². The number of rotatable bonds is 5. The van der Waals surface area contributed by atoms with E-state index in [-0.39, 0.29) is 0 Å². The Hall–Kier alpha value is -4.82. The molecule has 8 aromatic carbocycles. The van der Waals surface area contributed by atoms with Gasteiger partial charge < -0.3 is 0 Å². The second-order valence-corrected chi connectivity index (χ2v) is 10.1. The maximum Gasteiger partial charge on any atom is 0.0585 e. The normalized spacial score (nSPS) is 12.7. The zero-order valence-electron chi connectivity index (χ0n) is 20.9. The zero-order chi connectivity index (χ0) is 25.1. The molecule has 8 rings (SSSR count). The largest absolute Gasteiger partial charge is 0.291 e. The molecule has 0 saturated heterocycles. The van der Waals surface area contributed by atoms with Gasteiger partial charge in [0.15, 0.2) is 0 Å². The van der Waals surface area contributed by atoms with Crippen molar-refractivity contribution in [1.29, 1.82) is 0 Å². The maximum absolute atomic E-state index is 4.78. The Balaban J connectivity index is 1.10. The van der Waals surface area contributed by atoms with Crippen LogP contribution in [0.2, 0.25) is 0 Å². The summed E-state index contributed by atoms with van der Waals surface area (Å²) in [5.74, 6) is 0. The lowest BCUT2D eigenvalue weighted by molar-refractivity contribution is 0.985. The number of nitrogens with zero attached hydrogens (tertiary/aromatic N) is 2. The fraction of sp³-hybridized carbons (Fsp3) is 0.0556. The molecule has 0 atom stereocenters. The van der Waals surface area contributed by atoms with Crippen LogP contribution < -0.4 is 0 Å². The van der Waals surface area contributed by atoms with E-state index in [2.05, 4.69) is 109 Å². The Bertz CT molecular complexity index is 2030. The molecule has 0 radical (unpaired) electrons. The van der Waals surface area contributed by atoms with Gasteiger partial charge in [-0.05, 0) is 76.8 Å². The second kappa shape index (κ2) is 8.36. The summed E-state index contributed by atoms with van der Waals surface area (Å²) in [4.78, 5) is 9.56. The third-order valence-electron chi connectivity index (χ3n) is 7.90. The molecule has 0 saturated carbocycles. The van der Waals surface area contributed by atoms with Crippen LogP contribution in [-0.2, 0) is 0 Å². The minimum Gasteiger partial charge on any atom is -0.291 e. The molecule has 2 heteroatoms. The van der Waals surface area contributed by atoms with E-state index in [1.807, 2.05) is 12.4 Å². The maximum atomic E-state index is 4.78. The summed E-state index contributed by atoms with van der Waals surface area (Å²) in [6.07, 6.45) is 4.05. The fourth-order valence-electron chi connectivity index (χ4n) is 6.24. The fourth-order valence-corrected chi connectivity index (χ4v) is 6.24. The summed E-state index contributed by atoms with van der Waals surface area (Å²) in [5, 5.41) is 15.5. The molecule has 0 fully saturated rings. The first kappa shape index (κ1) is 21.3. The zero-order valence-corrected chi connectivity index (χ0v) is 20.9. The minimum absolute atomic E-state index is 0.652. The second-order valence-electron chi connectivity index (χ2n) is 10.1. The molecule has 0 heterocycles. The summed E-state index contributed by atoms with van der Waals surface area (Å²) in [6, 6.07) is 39.6. The van der Waals surface area contributed by atoms with Crippen LogP contribution >= 0.6 is 0 Å². The molecule has 0 bridgehead atoms. The molecule has 0 aliphatic carbocycles. The quantitative estimate of drug-likeness (QED) is 0.132. The lowest BCUT2D eigenvalue weighted by atomic mass is 9.92. The summed E-state index contributed by atoms with van der Waals surface area (Å²) in [6.45, 7) is 1.30. The van der Waals surface area contributed by atoms with E-state index >= 15 is 0 Å². The standard InChI is InChI=1S/C36H24N2/c1-5-23-13-15-25-7-3-11-31-29(19-27(9-1)33(23)35(25)31)21-37-17-18-38-22-30-20-28-10-2-6-24-14-16-26-8-4-12-32(30)36(26)34(24)28/h1-16,19-22H,17-18H2. The van der Waals surface area contributed by atoms with Gasteiger partial charge in [0, 0.05) is 23.6 Å². The van der Waals surface area contributed by atoms with E-state index in [9.17, 15) is 0 Å². The summed E-state index contributed by atoms with van der Waals surface area (Å²) in [5.41, 5.74) is 2.33. The molecule has 0 spiro atoms. The van der Waals surface area contributed by atoms with Gasteiger partial charge in [0.25, 0.3) is 0 Å². The van der Waals surface area contributed by atoms with Crippen molar-refractivity contribution in [3.05, 3.63) is 120 Å². The summed E-state index contributed by atoms with van der Waals surface area (Å²) >= 11 is 0. The number of benzene rings is 8. The number of hydrogen-bond acceptors (Lipinski definition) is 2. The van der Waals surface area contributed by atoms with Gasteiger partial charge in [-0.3, -0.25) is 9.98 Å². The highest BCUT2D eigenvalue weighted by Crippen LogP contribution is 2.37. The van der Waals surface area contributed by atoms with Crippen molar-refractivity contribution >= 4 is 77.1 Å². The molecule has 178 valence electrons. The Morgan fingerprint density at radius 1 is 0.395 bits per heavy atom. The van der Waals surface area contributed by atoms with E-state index in [0.717, 1.165) is 11.1 Å². The monoisotopic (exact) mass is 484 g/mol. The SMILES string of the molecule is C(=NCCN=Cc1cc2cccc3ccc4cccc1c4c32)c1cc2cccc3ccc4cccc1c4c32. The molecular weight excluding hydrogens is 460 g/mol. The summed E-state index contributed by atoms with van der Waals surface area (Å²) < 4.78 is 0. The highest BCUT2D eigenvalue weighted by atomic mass is 14.8. The Morgan fingerprint density at radius 2 is 0.763 bits per heavy atom. The van der Waals surface area contributed by atoms with Crippen molar-refractivity contribution in [3.63, 3.8) is 0 Å². The van der Waals surface area contributed by atoms with Crippen LogP contribution in [-0.4, -0.2) is 25.5 Å². The van der Waals surface area contributed by atoms with E-state index < -0.39 is 0 Å². The van der Waals surface area contributed by atoms with Crippen LogP contribution in [0.3, 0.4) is 0 Å². The van der Waals surface area contributed by atoms with Crippen LogP contribution in [0.15, 0.2) is 119 Å². The van der Waals surface area contributed by atoms with Crippen molar-refractivity contribution in [2.75, 3.05) is 13.1 Å². The van der Waals surface area contributed by atoms with Gasteiger partial charge in [0.1, 0.15) is 0 Å². The molecule has 0 aliphatic heterocycles.